The molecule has 2 aromatic rings. The van der Waals surface area contributed by atoms with Gasteiger partial charge < -0.3 is 5.73 Å². The van der Waals surface area contributed by atoms with E-state index in [2.05, 4.69) is 21.0 Å². The van der Waals surface area contributed by atoms with Gasteiger partial charge in [-0.25, -0.2) is 4.68 Å². The van der Waals surface area contributed by atoms with Crippen molar-refractivity contribution in [1.82, 2.24) is 9.78 Å². The normalized spacial score (nSPS) is 10.7. The van der Waals surface area contributed by atoms with Gasteiger partial charge in [0, 0.05) is 0 Å². The zero-order valence-corrected chi connectivity index (χ0v) is 13.0. The van der Waals surface area contributed by atoms with Gasteiger partial charge in [-0.2, -0.15) is 5.10 Å². The number of rotatable bonds is 2. The lowest BCUT2D eigenvalue weighted by molar-refractivity contribution is 0.832. The van der Waals surface area contributed by atoms with Crippen LogP contribution in [0.3, 0.4) is 0 Å². The van der Waals surface area contributed by atoms with E-state index in [-0.39, 0.29) is 4.99 Å². The number of nitrogens with zero attached hydrogens (tertiary/aromatic N) is 2. The minimum Gasteiger partial charge on any atom is -0.389 e. The van der Waals surface area contributed by atoms with E-state index in [9.17, 15) is 0 Å². The average molecular weight is 345 g/mol. The van der Waals surface area contributed by atoms with Crippen molar-refractivity contribution >= 4 is 44.7 Å². The van der Waals surface area contributed by atoms with Crippen LogP contribution in [0.2, 0.25) is 5.02 Å². The van der Waals surface area contributed by atoms with Gasteiger partial charge in [-0.1, -0.05) is 29.9 Å². The highest BCUT2D eigenvalue weighted by Crippen LogP contribution is 2.27. The molecule has 1 aromatic heterocycles. The van der Waals surface area contributed by atoms with Crippen molar-refractivity contribution in [1.29, 1.82) is 0 Å². The lowest BCUT2D eigenvalue weighted by Crippen LogP contribution is -2.15. The molecule has 0 saturated carbocycles. The Hall–Kier alpha value is -0.910. The van der Waals surface area contributed by atoms with Crippen LogP contribution in [0.15, 0.2) is 22.7 Å². The minimum atomic E-state index is 0.263. The molecule has 0 amide bonds. The molecule has 0 spiro atoms. The molecule has 18 heavy (non-hydrogen) atoms. The first kappa shape index (κ1) is 13.5. The predicted octanol–water partition coefficient (Wildman–Crippen LogP) is 3.54. The van der Waals surface area contributed by atoms with E-state index < -0.39 is 0 Å². The zero-order chi connectivity index (χ0) is 13.4. The van der Waals surface area contributed by atoms with Crippen LogP contribution >= 0.6 is 39.7 Å². The van der Waals surface area contributed by atoms with Crippen molar-refractivity contribution in [2.45, 2.75) is 13.8 Å². The second-order valence-electron chi connectivity index (χ2n) is 3.89. The van der Waals surface area contributed by atoms with Gasteiger partial charge in [-0.15, -0.1) is 0 Å². The van der Waals surface area contributed by atoms with Crippen LogP contribution in [0, 0.1) is 13.8 Å². The molecule has 0 saturated heterocycles. The van der Waals surface area contributed by atoms with Gasteiger partial charge >= 0.3 is 0 Å². The van der Waals surface area contributed by atoms with Gasteiger partial charge in [-0.3, -0.25) is 0 Å². The second-order valence-corrected chi connectivity index (χ2v) is 5.53. The van der Waals surface area contributed by atoms with Gasteiger partial charge in [0.2, 0.25) is 0 Å². The molecule has 1 heterocycles. The molecule has 0 aliphatic rings. The van der Waals surface area contributed by atoms with Crippen LogP contribution in [0.1, 0.15) is 17.0 Å². The molecule has 0 radical (unpaired) electrons. The Morgan fingerprint density at radius 3 is 2.61 bits per heavy atom. The molecule has 0 aliphatic carbocycles. The first-order valence-corrected chi connectivity index (χ1v) is 6.81. The number of nitrogens with two attached hydrogens (primary N) is 1. The SMILES string of the molecule is Cc1nn(-c2cccc(Cl)c2C(N)=S)c(C)c1Br. The highest BCUT2D eigenvalue weighted by molar-refractivity contribution is 9.10. The summed E-state index contributed by atoms with van der Waals surface area (Å²) in [7, 11) is 0. The number of aryl methyl sites for hydroxylation is 1. The highest BCUT2D eigenvalue weighted by Gasteiger charge is 2.16. The van der Waals surface area contributed by atoms with Gasteiger partial charge in [0.15, 0.2) is 0 Å². The van der Waals surface area contributed by atoms with E-state index in [1.807, 2.05) is 26.0 Å². The molecular formula is C12H11BrClN3S. The Balaban J connectivity index is 2.75. The third kappa shape index (κ3) is 2.18. The summed E-state index contributed by atoms with van der Waals surface area (Å²) >= 11 is 14.7. The molecule has 94 valence electrons. The third-order valence-electron chi connectivity index (χ3n) is 2.67. The Morgan fingerprint density at radius 1 is 1.44 bits per heavy atom. The van der Waals surface area contributed by atoms with Gasteiger partial charge in [0.1, 0.15) is 4.99 Å². The minimum absolute atomic E-state index is 0.263. The first-order chi connectivity index (χ1) is 8.43. The number of hydrogen-bond donors (Lipinski definition) is 1. The van der Waals surface area contributed by atoms with E-state index in [0.29, 0.717) is 10.6 Å². The molecule has 0 bridgehead atoms. The van der Waals surface area contributed by atoms with E-state index in [0.717, 1.165) is 21.5 Å². The highest BCUT2D eigenvalue weighted by atomic mass is 79.9. The summed E-state index contributed by atoms with van der Waals surface area (Å²) in [6, 6.07) is 5.51. The quantitative estimate of drug-likeness (QED) is 0.848. The summed E-state index contributed by atoms with van der Waals surface area (Å²) in [5.41, 5.74) is 9.06. The maximum Gasteiger partial charge on any atom is 0.107 e. The van der Waals surface area contributed by atoms with Gasteiger partial charge in [0.25, 0.3) is 0 Å². The monoisotopic (exact) mass is 343 g/mol. The van der Waals surface area contributed by atoms with Gasteiger partial charge in [0.05, 0.1) is 32.1 Å². The van der Waals surface area contributed by atoms with Crippen molar-refractivity contribution in [2.75, 3.05) is 0 Å². The maximum absolute atomic E-state index is 6.15. The van der Waals surface area contributed by atoms with E-state index in [1.165, 1.54) is 0 Å². The van der Waals surface area contributed by atoms with Crippen LogP contribution < -0.4 is 5.73 Å². The maximum atomic E-state index is 6.15. The van der Waals surface area contributed by atoms with Crippen molar-refractivity contribution in [2.24, 2.45) is 5.73 Å². The summed E-state index contributed by atoms with van der Waals surface area (Å²) in [5, 5.41) is 4.99. The molecule has 0 unspecified atom stereocenters. The number of halogens is 2. The number of hydrogen-bond acceptors (Lipinski definition) is 2. The lowest BCUT2D eigenvalue weighted by atomic mass is 10.1. The molecule has 3 nitrogen and oxygen atoms in total. The molecule has 0 aliphatic heterocycles. The first-order valence-electron chi connectivity index (χ1n) is 5.24. The molecule has 0 fully saturated rings. The molecule has 2 N–H and O–H groups in total. The Labute approximate surface area is 124 Å². The zero-order valence-electron chi connectivity index (χ0n) is 9.87. The molecule has 6 heteroatoms. The standard InChI is InChI=1S/C12H11BrClN3S/c1-6-11(13)7(2)17(16-6)9-5-3-4-8(14)10(9)12(15)18/h3-5H,1-2H3,(H2,15,18). The molecule has 0 atom stereocenters. The number of thiocarbonyl (C=S) groups is 1. The van der Waals surface area contributed by atoms with Crippen LogP contribution in [0.5, 0.6) is 0 Å². The lowest BCUT2D eigenvalue weighted by Gasteiger charge is -2.11. The van der Waals surface area contributed by atoms with Crippen LogP contribution in [-0.4, -0.2) is 14.8 Å². The summed E-state index contributed by atoms with van der Waals surface area (Å²) < 4.78 is 2.76. The Kier molecular flexibility index (Phi) is 3.75. The summed E-state index contributed by atoms with van der Waals surface area (Å²) in [6.45, 7) is 3.90. The smallest absolute Gasteiger partial charge is 0.107 e. The van der Waals surface area contributed by atoms with Crippen LogP contribution in [-0.2, 0) is 0 Å². The third-order valence-corrected chi connectivity index (χ3v) is 4.34. The van der Waals surface area contributed by atoms with E-state index in [1.54, 1.807) is 10.7 Å². The fourth-order valence-electron chi connectivity index (χ4n) is 1.79. The largest absolute Gasteiger partial charge is 0.389 e. The predicted molar refractivity (Wildman–Crippen MR) is 81.6 cm³/mol. The van der Waals surface area contributed by atoms with E-state index in [4.69, 9.17) is 29.6 Å². The summed E-state index contributed by atoms with van der Waals surface area (Å²) in [6.07, 6.45) is 0. The van der Waals surface area contributed by atoms with Crippen LogP contribution in [0.25, 0.3) is 5.69 Å². The Morgan fingerprint density at radius 2 is 2.11 bits per heavy atom. The second kappa shape index (κ2) is 4.99. The summed E-state index contributed by atoms with van der Waals surface area (Å²) in [4.78, 5) is 0.263. The average Bonchev–Trinajstić information content (AvgIpc) is 2.56. The summed E-state index contributed by atoms with van der Waals surface area (Å²) in [5.74, 6) is 0. The van der Waals surface area contributed by atoms with Crippen molar-refractivity contribution in [3.05, 3.63) is 44.6 Å². The molecule has 2 rings (SSSR count). The topological polar surface area (TPSA) is 43.8 Å². The molecule has 1 aromatic carbocycles. The van der Waals surface area contributed by atoms with Crippen LogP contribution in [0.4, 0.5) is 0 Å². The fraction of sp³-hybridized carbons (Fsp3) is 0.167. The van der Waals surface area contributed by atoms with Gasteiger partial charge in [-0.05, 0) is 41.9 Å². The van der Waals surface area contributed by atoms with Crippen molar-refractivity contribution < 1.29 is 0 Å². The fourth-order valence-corrected chi connectivity index (χ4v) is 2.58. The number of aromatic nitrogens is 2. The molecular weight excluding hydrogens is 334 g/mol. The van der Waals surface area contributed by atoms with E-state index >= 15 is 0 Å². The van der Waals surface area contributed by atoms with Crippen molar-refractivity contribution in [3.8, 4) is 5.69 Å². The Bertz CT molecular complexity index is 636. The number of benzene rings is 1. The van der Waals surface area contributed by atoms with Crippen molar-refractivity contribution in [3.63, 3.8) is 0 Å².